The molecule has 0 bridgehead atoms. The summed E-state index contributed by atoms with van der Waals surface area (Å²) in [6, 6.07) is 0. The Hall–Kier alpha value is -0.660. The van der Waals surface area contributed by atoms with E-state index in [4.69, 9.17) is 0 Å². The van der Waals surface area contributed by atoms with Crippen LogP contribution >= 0.6 is 0 Å². The van der Waals surface area contributed by atoms with Gasteiger partial charge in [0.25, 0.3) is 0 Å². The van der Waals surface area contributed by atoms with Crippen molar-refractivity contribution in [3.63, 3.8) is 0 Å². The monoisotopic (exact) mass is 148 g/mol. The molecule has 2 nitrogen and oxygen atoms in total. The van der Waals surface area contributed by atoms with Gasteiger partial charge in [0, 0.05) is 0 Å². The van der Waals surface area contributed by atoms with E-state index < -0.39 is 0 Å². The van der Waals surface area contributed by atoms with E-state index in [1.807, 2.05) is 0 Å². The molecule has 0 amide bonds. The molecule has 0 spiro atoms. The largest absolute Gasteiger partial charge is 0.300 e. The number of ketones is 2. The van der Waals surface area contributed by atoms with E-state index in [2.05, 4.69) is 0 Å². The Balaban J connectivity index is -0.0000000600. The van der Waals surface area contributed by atoms with Crippen LogP contribution < -0.4 is 0 Å². The third kappa shape index (κ3) is 26.4. The number of hydrogen-bond acceptors (Lipinski definition) is 2. The fourth-order valence-corrected chi connectivity index (χ4v) is 0.351. The second kappa shape index (κ2) is 11.2. The zero-order valence-corrected chi connectivity index (χ0v) is 4.52. The highest BCUT2D eigenvalue weighted by Crippen LogP contribution is 1.80. The van der Waals surface area contributed by atoms with E-state index in [-0.39, 0.29) is 40.3 Å². The summed E-state index contributed by atoms with van der Waals surface area (Å²) in [4.78, 5) is 20.1. The average Bonchev–Trinajstić information content (AvgIpc) is 1.27. The Morgan fingerprint density at radius 3 is 1.10 bits per heavy atom. The van der Waals surface area contributed by atoms with Gasteiger partial charge in [0.1, 0.15) is 11.6 Å². The van der Waals surface area contributed by atoms with Gasteiger partial charge in [0.15, 0.2) is 0 Å². The molecule has 0 rings (SSSR count). The first-order valence-corrected chi connectivity index (χ1v) is 2.12. The van der Waals surface area contributed by atoms with Crippen LogP contribution in [0.2, 0.25) is 0 Å². The van der Waals surface area contributed by atoms with Gasteiger partial charge in [-0.3, -0.25) is 9.59 Å². The zero-order valence-electron chi connectivity index (χ0n) is 4.52. The fraction of sp³-hybridized carbons (Fsp3) is 0.750. The molecule has 2 heteroatoms. The van der Waals surface area contributed by atoms with Crippen molar-refractivity contribution in [1.29, 1.82) is 0 Å². The lowest BCUT2D eigenvalue weighted by atomic mass is 10.2. The van der Waals surface area contributed by atoms with E-state index in [0.29, 0.717) is 0 Å². The van der Waals surface area contributed by atoms with Gasteiger partial charge in [-0.25, -0.2) is 0 Å². The van der Waals surface area contributed by atoms with Crippen molar-refractivity contribution in [2.45, 2.75) is 42.5 Å². The number of hydrogen-bond donors (Lipinski definition) is 0. The zero-order chi connectivity index (χ0) is 5.86. The topological polar surface area (TPSA) is 34.1 Å². The summed E-state index contributed by atoms with van der Waals surface area (Å²) in [5, 5.41) is 0. The third-order valence-electron chi connectivity index (χ3n) is 0.498. The smallest absolute Gasteiger partial charge is 0.137 e. The van der Waals surface area contributed by atoms with E-state index in [9.17, 15) is 9.59 Å². The molecule has 0 radical (unpaired) electrons. The molecule has 0 aromatic rings. The van der Waals surface area contributed by atoms with Crippen molar-refractivity contribution in [2.75, 3.05) is 0 Å². The molecule has 0 aliphatic carbocycles. The van der Waals surface area contributed by atoms with Crippen LogP contribution in [-0.2, 0) is 9.59 Å². The van der Waals surface area contributed by atoms with Gasteiger partial charge < -0.3 is 0 Å². The Labute approximate surface area is 64.6 Å². The minimum atomic E-state index is -0.0625. The molecule has 0 aromatic carbocycles. The standard InChI is InChI=1S/C5H8O2.3CH4/c1-4(6)3-5(2)7;;;/h3H2,1-2H3;3*1H4. The van der Waals surface area contributed by atoms with Gasteiger partial charge in [0.05, 0.1) is 6.42 Å². The normalized spacial score (nSPS) is 5.80. The van der Waals surface area contributed by atoms with E-state index in [1.54, 1.807) is 0 Å². The van der Waals surface area contributed by atoms with Crippen LogP contribution in [0.5, 0.6) is 0 Å². The molecule has 0 N–H and O–H groups in total. The SMILES string of the molecule is C.C.C.CC(=O)CC(C)=O. The maximum atomic E-state index is 10.0. The number of Topliss-reactive ketones (excluding diaryl/α,β-unsaturated/α-hetero) is 2. The van der Waals surface area contributed by atoms with Crippen LogP contribution in [0.4, 0.5) is 0 Å². The van der Waals surface area contributed by atoms with Gasteiger partial charge in [0.2, 0.25) is 0 Å². The minimum Gasteiger partial charge on any atom is -0.300 e. The highest BCUT2D eigenvalue weighted by molar-refractivity contribution is 5.96. The van der Waals surface area contributed by atoms with Crippen LogP contribution in [0.25, 0.3) is 0 Å². The van der Waals surface area contributed by atoms with Crippen molar-refractivity contribution in [3.8, 4) is 0 Å². The first-order chi connectivity index (χ1) is 3.13. The molecular formula is C8H20O2. The molecule has 0 unspecified atom stereocenters. The lowest BCUT2D eigenvalue weighted by Gasteiger charge is -1.81. The number of carbonyl (C=O) groups is 2. The van der Waals surface area contributed by atoms with Gasteiger partial charge in [-0.1, -0.05) is 22.3 Å². The summed E-state index contributed by atoms with van der Waals surface area (Å²) in [5.74, 6) is -0.125. The molecule has 0 fully saturated rings. The molecular weight excluding hydrogens is 128 g/mol. The van der Waals surface area contributed by atoms with Crippen molar-refractivity contribution >= 4 is 11.6 Å². The summed E-state index contributed by atoms with van der Waals surface area (Å²) in [6.45, 7) is 2.81. The maximum absolute atomic E-state index is 10.0. The molecule has 0 heterocycles. The first-order valence-electron chi connectivity index (χ1n) is 2.12. The number of carbonyl (C=O) groups excluding carboxylic acids is 2. The molecule has 10 heavy (non-hydrogen) atoms. The quantitative estimate of drug-likeness (QED) is 0.564. The van der Waals surface area contributed by atoms with E-state index in [0.717, 1.165) is 0 Å². The lowest BCUT2D eigenvalue weighted by Crippen LogP contribution is -1.97. The predicted octanol–water partition coefficient (Wildman–Crippen LogP) is 2.46. The van der Waals surface area contributed by atoms with Gasteiger partial charge in [-0.2, -0.15) is 0 Å². The minimum absolute atomic E-state index is 0. The van der Waals surface area contributed by atoms with Crippen LogP contribution in [0.1, 0.15) is 42.5 Å². The van der Waals surface area contributed by atoms with Gasteiger partial charge >= 0.3 is 0 Å². The second-order valence-corrected chi connectivity index (χ2v) is 1.58. The van der Waals surface area contributed by atoms with Crippen molar-refractivity contribution in [1.82, 2.24) is 0 Å². The maximum Gasteiger partial charge on any atom is 0.137 e. The van der Waals surface area contributed by atoms with E-state index >= 15 is 0 Å². The molecule has 0 saturated heterocycles. The van der Waals surface area contributed by atoms with Gasteiger partial charge in [-0.05, 0) is 13.8 Å². The highest BCUT2D eigenvalue weighted by Gasteiger charge is 1.94. The van der Waals surface area contributed by atoms with Crippen LogP contribution in [0, 0.1) is 0 Å². The Morgan fingerprint density at radius 2 is 1.10 bits per heavy atom. The van der Waals surface area contributed by atoms with Crippen LogP contribution in [0.3, 0.4) is 0 Å². The third-order valence-corrected chi connectivity index (χ3v) is 0.498. The second-order valence-electron chi connectivity index (χ2n) is 1.58. The summed E-state index contributed by atoms with van der Waals surface area (Å²) in [7, 11) is 0. The molecule has 64 valence electrons. The summed E-state index contributed by atoms with van der Waals surface area (Å²) < 4.78 is 0. The summed E-state index contributed by atoms with van der Waals surface area (Å²) in [5.41, 5.74) is 0. The Morgan fingerprint density at radius 1 is 0.900 bits per heavy atom. The first kappa shape index (κ1) is 22.8. The summed E-state index contributed by atoms with van der Waals surface area (Å²) in [6.07, 6.45) is 0.0833. The lowest BCUT2D eigenvalue weighted by molar-refractivity contribution is -0.124. The predicted molar refractivity (Wildman–Crippen MR) is 46.2 cm³/mol. The molecule has 0 saturated carbocycles. The van der Waals surface area contributed by atoms with Crippen molar-refractivity contribution in [3.05, 3.63) is 0 Å². The van der Waals surface area contributed by atoms with Crippen molar-refractivity contribution in [2.24, 2.45) is 0 Å². The molecule has 0 aliphatic heterocycles. The van der Waals surface area contributed by atoms with E-state index in [1.165, 1.54) is 13.8 Å². The fourth-order valence-electron chi connectivity index (χ4n) is 0.351. The number of rotatable bonds is 2. The Bertz CT molecular complexity index is 83.4. The molecule has 0 aromatic heterocycles. The molecule has 0 atom stereocenters. The average molecular weight is 148 g/mol. The molecule has 0 aliphatic rings. The van der Waals surface area contributed by atoms with Crippen LogP contribution in [0.15, 0.2) is 0 Å². The van der Waals surface area contributed by atoms with Gasteiger partial charge in [-0.15, -0.1) is 0 Å². The van der Waals surface area contributed by atoms with Crippen LogP contribution in [-0.4, -0.2) is 11.6 Å². The van der Waals surface area contributed by atoms with Crippen molar-refractivity contribution < 1.29 is 9.59 Å². The highest BCUT2D eigenvalue weighted by atomic mass is 16.1. The summed E-state index contributed by atoms with van der Waals surface area (Å²) >= 11 is 0. The Kier molecular flexibility index (Phi) is 25.5.